The second kappa shape index (κ2) is 8.11. The highest BCUT2D eigenvalue weighted by Gasteiger charge is 2.24. The fourth-order valence-electron chi connectivity index (χ4n) is 3.18. The Hall–Kier alpha value is -2.14. The molecule has 24 heavy (non-hydrogen) atoms. The Kier molecular flexibility index (Phi) is 5.64. The van der Waals surface area contributed by atoms with Gasteiger partial charge >= 0.3 is 0 Å². The van der Waals surface area contributed by atoms with Gasteiger partial charge in [-0.2, -0.15) is 0 Å². The van der Waals surface area contributed by atoms with Gasteiger partial charge in [0, 0.05) is 31.4 Å². The van der Waals surface area contributed by atoms with E-state index in [4.69, 9.17) is 9.47 Å². The van der Waals surface area contributed by atoms with Crippen LogP contribution < -0.4 is 9.47 Å². The zero-order chi connectivity index (χ0) is 16.8. The molecular formula is C19H25N3O2. The Balaban J connectivity index is 1.52. The highest BCUT2D eigenvalue weighted by atomic mass is 16.5. The van der Waals surface area contributed by atoms with E-state index in [2.05, 4.69) is 40.0 Å². The molecule has 0 radical (unpaired) electrons. The Morgan fingerprint density at radius 3 is 2.88 bits per heavy atom. The fourth-order valence-corrected chi connectivity index (χ4v) is 3.18. The Morgan fingerprint density at radius 2 is 2.04 bits per heavy atom. The van der Waals surface area contributed by atoms with Gasteiger partial charge in [0.1, 0.15) is 11.4 Å². The van der Waals surface area contributed by atoms with Crippen LogP contribution in [0.1, 0.15) is 24.6 Å². The van der Waals surface area contributed by atoms with Crippen molar-refractivity contribution in [1.29, 1.82) is 0 Å². The normalized spacial score (nSPS) is 17.8. The molecule has 0 N–H and O–H groups in total. The van der Waals surface area contributed by atoms with Gasteiger partial charge in [0.25, 0.3) is 0 Å². The Labute approximate surface area is 143 Å². The summed E-state index contributed by atoms with van der Waals surface area (Å²) in [5.41, 5.74) is 2.18. The van der Waals surface area contributed by atoms with Gasteiger partial charge in [-0.15, -0.1) is 0 Å². The number of para-hydroxylation sites is 1. The minimum atomic E-state index is 0.553. The van der Waals surface area contributed by atoms with Crippen LogP contribution in [0, 0.1) is 5.92 Å². The summed E-state index contributed by atoms with van der Waals surface area (Å²) in [6.45, 7) is 5.79. The van der Waals surface area contributed by atoms with Crippen molar-refractivity contribution >= 4 is 0 Å². The van der Waals surface area contributed by atoms with E-state index in [9.17, 15) is 0 Å². The summed E-state index contributed by atoms with van der Waals surface area (Å²) in [6.07, 6.45) is 5.53. The van der Waals surface area contributed by atoms with Gasteiger partial charge in [-0.3, -0.25) is 9.88 Å². The number of methoxy groups -OCH3 is 1. The van der Waals surface area contributed by atoms with E-state index in [1.54, 1.807) is 19.5 Å². The first-order chi connectivity index (χ1) is 11.8. The van der Waals surface area contributed by atoms with Crippen LogP contribution in [0.15, 0.2) is 36.7 Å². The van der Waals surface area contributed by atoms with Crippen molar-refractivity contribution in [2.24, 2.45) is 5.92 Å². The van der Waals surface area contributed by atoms with Crippen molar-refractivity contribution in [3.63, 3.8) is 0 Å². The molecule has 0 aliphatic carbocycles. The van der Waals surface area contributed by atoms with Gasteiger partial charge in [-0.1, -0.05) is 25.1 Å². The van der Waals surface area contributed by atoms with Crippen molar-refractivity contribution in [3.8, 4) is 11.6 Å². The van der Waals surface area contributed by atoms with Gasteiger partial charge in [0.15, 0.2) is 0 Å². The van der Waals surface area contributed by atoms with E-state index in [1.165, 1.54) is 5.56 Å². The van der Waals surface area contributed by atoms with Crippen LogP contribution in [0.3, 0.4) is 0 Å². The molecule has 0 spiro atoms. The molecule has 0 amide bonds. The molecule has 0 bridgehead atoms. The highest BCUT2D eigenvalue weighted by Crippen LogP contribution is 2.24. The van der Waals surface area contributed by atoms with Gasteiger partial charge in [0.05, 0.1) is 13.7 Å². The zero-order valence-corrected chi connectivity index (χ0v) is 14.4. The average molecular weight is 327 g/mol. The SMILES string of the molecule is CCc1ccccc1OCC1CCN(Cc2nccnc2OC)C1. The summed E-state index contributed by atoms with van der Waals surface area (Å²) < 4.78 is 11.4. The van der Waals surface area contributed by atoms with Crippen LogP contribution in [0.5, 0.6) is 11.6 Å². The van der Waals surface area contributed by atoms with E-state index in [1.807, 2.05) is 6.07 Å². The number of hydrogen-bond donors (Lipinski definition) is 0. The van der Waals surface area contributed by atoms with Crippen molar-refractivity contribution in [3.05, 3.63) is 47.9 Å². The van der Waals surface area contributed by atoms with Crippen LogP contribution in [-0.4, -0.2) is 41.7 Å². The summed E-state index contributed by atoms with van der Waals surface area (Å²) in [7, 11) is 1.64. The number of nitrogens with zero attached hydrogens (tertiary/aromatic N) is 3. The van der Waals surface area contributed by atoms with Gasteiger partial charge in [0.2, 0.25) is 5.88 Å². The van der Waals surface area contributed by atoms with Crippen molar-refractivity contribution in [2.75, 3.05) is 26.8 Å². The lowest BCUT2D eigenvalue weighted by Gasteiger charge is -2.17. The van der Waals surface area contributed by atoms with E-state index in [0.29, 0.717) is 11.8 Å². The van der Waals surface area contributed by atoms with Crippen molar-refractivity contribution in [1.82, 2.24) is 14.9 Å². The van der Waals surface area contributed by atoms with Crippen LogP contribution in [0.2, 0.25) is 0 Å². The second-order valence-corrected chi connectivity index (χ2v) is 6.17. The number of likely N-dealkylation sites (tertiary alicyclic amines) is 1. The molecule has 1 aliphatic heterocycles. The fraction of sp³-hybridized carbons (Fsp3) is 0.474. The molecule has 1 aromatic heterocycles. The van der Waals surface area contributed by atoms with Crippen molar-refractivity contribution < 1.29 is 9.47 Å². The molecule has 2 aromatic rings. The topological polar surface area (TPSA) is 47.5 Å². The molecular weight excluding hydrogens is 302 g/mol. The van der Waals surface area contributed by atoms with E-state index in [-0.39, 0.29) is 0 Å². The third kappa shape index (κ3) is 4.03. The maximum absolute atomic E-state index is 6.08. The number of hydrogen-bond acceptors (Lipinski definition) is 5. The summed E-state index contributed by atoms with van der Waals surface area (Å²) >= 11 is 0. The number of rotatable bonds is 7. The molecule has 1 fully saturated rings. The van der Waals surface area contributed by atoms with E-state index in [0.717, 1.165) is 50.5 Å². The van der Waals surface area contributed by atoms with Gasteiger partial charge in [-0.25, -0.2) is 4.98 Å². The lowest BCUT2D eigenvalue weighted by Crippen LogP contribution is -2.23. The summed E-state index contributed by atoms with van der Waals surface area (Å²) in [4.78, 5) is 11.0. The molecule has 1 aliphatic rings. The number of ether oxygens (including phenoxy) is 2. The first-order valence-electron chi connectivity index (χ1n) is 8.57. The maximum atomic E-state index is 6.08. The molecule has 1 unspecified atom stereocenters. The van der Waals surface area contributed by atoms with E-state index >= 15 is 0 Å². The first kappa shape index (κ1) is 16.7. The number of aromatic nitrogens is 2. The third-order valence-corrected chi connectivity index (χ3v) is 4.50. The van der Waals surface area contributed by atoms with Gasteiger partial charge < -0.3 is 9.47 Å². The molecule has 0 saturated carbocycles. The predicted molar refractivity (Wildman–Crippen MR) is 93.3 cm³/mol. The minimum Gasteiger partial charge on any atom is -0.493 e. The summed E-state index contributed by atoms with van der Waals surface area (Å²) in [6, 6.07) is 8.31. The lowest BCUT2D eigenvalue weighted by atomic mass is 10.1. The second-order valence-electron chi connectivity index (χ2n) is 6.17. The zero-order valence-electron chi connectivity index (χ0n) is 14.4. The van der Waals surface area contributed by atoms with Crippen LogP contribution >= 0.6 is 0 Å². The smallest absolute Gasteiger partial charge is 0.236 e. The molecule has 3 rings (SSSR count). The molecule has 2 heterocycles. The van der Waals surface area contributed by atoms with E-state index < -0.39 is 0 Å². The minimum absolute atomic E-state index is 0.553. The highest BCUT2D eigenvalue weighted by molar-refractivity contribution is 5.33. The molecule has 128 valence electrons. The largest absolute Gasteiger partial charge is 0.493 e. The molecule has 1 atom stereocenters. The summed E-state index contributed by atoms with van der Waals surface area (Å²) in [5, 5.41) is 0. The summed E-state index contributed by atoms with van der Waals surface area (Å²) in [5.74, 6) is 2.20. The number of benzene rings is 1. The Bertz CT molecular complexity index is 663. The number of aryl methyl sites for hydroxylation is 1. The molecule has 5 heteroatoms. The molecule has 5 nitrogen and oxygen atoms in total. The molecule has 1 aromatic carbocycles. The average Bonchev–Trinajstić information content (AvgIpc) is 3.08. The predicted octanol–water partition coefficient (Wildman–Crippen LogP) is 2.95. The van der Waals surface area contributed by atoms with Crippen LogP contribution in [0.4, 0.5) is 0 Å². The third-order valence-electron chi connectivity index (χ3n) is 4.50. The quantitative estimate of drug-likeness (QED) is 0.782. The first-order valence-corrected chi connectivity index (χ1v) is 8.57. The van der Waals surface area contributed by atoms with Crippen molar-refractivity contribution in [2.45, 2.75) is 26.3 Å². The van der Waals surface area contributed by atoms with Crippen LogP contribution in [0.25, 0.3) is 0 Å². The van der Waals surface area contributed by atoms with Gasteiger partial charge in [-0.05, 0) is 31.0 Å². The monoisotopic (exact) mass is 327 g/mol. The standard InChI is InChI=1S/C19H25N3O2/c1-3-16-6-4-5-7-18(16)24-14-15-8-11-22(12-15)13-17-19(23-2)21-10-9-20-17/h4-7,9-10,15H,3,8,11-14H2,1-2H3. The Morgan fingerprint density at radius 1 is 1.21 bits per heavy atom. The van der Waals surface area contributed by atoms with Crippen LogP contribution in [-0.2, 0) is 13.0 Å². The maximum Gasteiger partial charge on any atom is 0.236 e. The lowest BCUT2D eigenvalue weighted by molar-refractivity contribution is 0.235. The molecule has 1 saturated heterocycles.